The molecule has 2 aromatic heterocycles. The van der Waals surface area contributed by atoms with Crippen LogP contribution in [0.25, 0.3) is 11.6 Å². The van der Waals surface area contributed by atoms with Gasteiger partial charge < -0.3 is 9.84 Å². The molecule has 0 aromatic carbocycles. The number of nitrogens with one attached hydrogen (secondary N) is 1. The van der Waals surface area contributed by atoms with E-state index < -0.39 is 0 Å². The topological polar surface area (TPSA) is 81.7 Å². The van der Waals surface area contributed by atoms with Gasteiger partial charge >= 0.3 is 0 Å². The number of hydrogen-bond acceptors (Lipinski definition) is 6. The van der Waals surface area contributed by atoms with Crippen molar-refractivity contribution in [1.82, 2.24) is 30.5 Å². The van der Waals surface area contributed by atoms with Crippen molar-refractivity contribution in [3.63, 3.8) is 0 Å². The zero-order chi connectivity index (χ0) is 11.7. The molecule has 2 aromatic rings. The van der Waals surface area contributed by atoms with Gasteiger partial charge in [0.05, 0.1) is 12.2 Å². The summed E-state index contributed by atoms with van der Waals surface area (Å²) in [6.45, 7) is 3.96. The van der Waals surface area contributed by atoms with E-state index in [1.807, 2.05) is 10.9 Å². The van der Waals surface area contributed by atoms with Gasteiger partial charge in [-0.25, -0.2) is 4.68 Å². The Balaban J connectivity index is 1.79. The van der Waals surface area contributed by atoms with Crippen molar-refractivity contribution in [2.24, 2.45) is 0 Å². The Bertz CT molecular complexity index is 500. The van der Waals surface area contributed by atoms with E-state index in [2.05, 4.69) is 32.7 Å². The number of nitrogens with zero attached hydrogens (tertiary/aromatic N) is 5. The first kappa shape index (κ1) is 10.4. The maximum Gasteiger partial charge on any atom is 0.280 e. The maximum atomic E-state index is 5.16. The van der Waals surface area contributed by atoms with E-state index in [0.717, 1.165) is 31.8 Å². The van der Waals surface area contributed by atoms with Crippen molar-refractivity contribution in [2.45, 2.75) is 25.8 Å². The molecule has 7 nitrogen and oxygen atoms in total. The summed E-state index contributed by atoms with van der Waals surface area (Å²) < 4.78 is 7.00. The third kappa shape index (κ3) is 1.93. The summed E-state index contributed by atoms with van der Waals surface area (Å²) in [4.78, 5) is 4.28. The SMILES string of the molecule is CCCc1noc(-c2cn(C3CNC3)nn2)n1. The second-order valence-electron chi connectivity index (χ2n) is 4.16. The first-order valence-electron chi connectivity index (χ1n) is 5.82. The van der Waals surface area contributed by atoms with Crippen LogP contribution in [0.15, 0.2) is 10.7 Å². The molecule has 0 atom stereocenters. The largest absolute Gasteiger partial charge is 0.332 e. The van der Waals surface area contributed by atoms with Gasteiger partial charge in [0.2, 0.25) is 0 Å². The van der Waals surface area contributed by atoms with Gasteiger partial charge in [0.1, 0.15) is 0 Å². The zero-order valence-electron chi connectivity index (χ0n) is 9.63. The van der Waals surface area contributed by atoms with Crippen LogP contribution >= 0.6 is 0 Å². The Morgan fingerprint density at radius 1 is 1.53 bits per heavy atom. The molecule has 3 heterocycles. The van der Waals surface area contributed by atoms with E-state index in [4.69, 9.17) is 4.52 Å². The van der Waals surface area contributed by atoms with Crippen LogP contribution in [0, 0.1) is 0 Å². The van der Waals surface area contributed by atoms with E-state index in [1.165, 1.54) is 0 Å². The number of hydrogen-bond donors (Lipinski definition) is 1. The predicted octanol–water partition coefficient (Wildman–Crippen LogP) is 0.425. The molecule has 3 rings (SSSR count). The lowest BCUT2D eigenvalue weighted by molar-refractivity contribution is 0.313. The van der Waals surface area contributed by atoms with Gasteiger partial charge in [-0.15, -0.1) is 5.10 Å². The molecule has 0 radical (unpaired) electrons. The molecule has 17 heavy (non-hydrogen) atoms. The fraction of sp³-hybridized carbons (Fsp3) is 0.600. The minimum absolute atomic E-state index is 0.397. The monoisotopic (exact) mass is 234 g/mol. The molecule has 0 amide bonds. The quantitative estimate of drug-likeness (QED) is 0.825. The molecule has 1 N–H and O–H groups in total. The highest BCUT2D eigenvalue weighted by atomic mass is 16.5. The first-order valence-corrected chi connectivity index (χ1v) is 5.82. The fourth-order valence-corrected chi connectivity index (χ4v) is 1.70. The molecule has 0 saturated carbocycles. The average Bonchev–Trinajstić information content (AvgIpc) is 2.84. The third-order valence-corrected chi connectivity index (χ3v) is 2.81. The molecule has 0 unspecified atom stereocenters. The molecule has 0 bridgehead atoms. The van der Waals surface area contributed by atoms with Crippen LogP contribution in [0.4, 0.5) is 0 Å². The highest BCUT2D eigenvalue weighted by Crippen LogP contribution is 2.17. The Morgan fingerprint density at radius 2 is 2.41 bits per heavy atom. The van der Waals surface area contributed by atoms with Crippen molar-refractivity contribution in [2.75, 3.05) is 13.1 Å². The van der Waals surface area contributed by atoms with Gasteiger partial charge in [0, 0.05) is 19.5 Å². The number of aryl methyl sites for hydroxylation is 1. The van der Waals surface area contributed by atoms with Crippen LogP contribution in [0.2, 0.25) is 0 Å². The summed E-state index contributed by atoms with van der Waals surface area (Å²) in [5.41, 5.74) is 0.645. The minimum atomic E-state index is 0.397. The molecule has 1 aliphatic heterocycles. The normalized spacial score (nSPS) is 16.1. The van der Waals surface area contributed by atoms with Gasteiger partial charge in [-0.2, -0.15) is 4.98 Å². The number of aromatic nitrogens is 5. The van der Waals surface area contributed by atoms with Crippen molar-refractivity contribution in [3.8, 4) is 11.6 Å². The Morgan fingerprint density at radius 3 is 3.12 bits per heavy atom. The lowest BCUT2D eigenvalue weighted by Gasteiger charge is -2.26. The first-order chi connectivity index (χ1) is 8.36. The Hall–Kier alpha value is -1.76. The summed E-state index contributed by atoms with van der Waals surface area (Å²) in [5.74, 6) is 1.18. The summed E-state index contributed by atoms with van der Waals surface area (Å²) in [6, 6.07) is 0.397. The van der Waals surface area contributed by atoms with Crippen LogP contribution in [0.5, 0.6) is 0 Å². The molecule has 90 valence electrons. The van der Waals surface area contributed by atoms with Crippen LogP contribution in [0.1, 0.15) is 25.2 Å². The van der Waals surface area contributed by atoms with Crippen molar-refractivity contribution in [1.29, 1.82) is 0 Å². The molecule has 1 aliphatic rings. The van der Waals surface area contributed by atoms with E-state index in [1.54, 1.807) is 0 Å². The fourth-order valence-electron chi connectivity index (χ4n) is 1.70. The van der Waals surface area contributed by atoms with Gasteiger partial charge in [0.15, 0.2) is 11.5 Å². The standard InChI is InChI=1S/C10H14N6O/c1-2-3-9-12-10(17-14-9)8-6-16(15-13-8)7-4-11-5-7/h6-7,11H,2-5H2,1H3. The van der Waals surface area contributed by atoms with Gasteiger partial charge in [-0.05, 0) is 6.42 Å². The Labute approximate surface area is 98.2 Å². The average molecular weight is 234 g/mol. The second kappa shape index (κ2) is 4.25. The summed E-state index contributed by atoms with van der Waals surface area (Å²) >= 11 is 0. The predicted molar refractivity (Wildman–Crippen MR) is 59.2 cm³/mol. The molecule has 0 aliphatic carbocycles. The highest BCUT2D eigenvalue weighted by Gasteiger charge is 2.21. The zero-order valence-corrected chi connectivity index (χ0v) is 9.63. The molecule has 1 fully saturated rings. The smallest absolute Gasteiger partial charge is 0.280 e. The van der Waals surface area contributed by atoms with Crippen molar-refractivity contribution >= 4 is 0 Å². The maximum absolute atomic E-state index is 5.16. The molecule has 0 spiro atoms. The summed E-state index contributed by atoms with van der Waals surface area (Å²) in [6.07, 6.45) is 3.68. The lowest BCUT2D eigenvalue weighted by Crippen LogP contribution is -2.43. The summed E-state index contributed by atoms with van der Waals surface area (Å²) in [7, 11) is 0. The molecular formula is C10H14N6O. The summed E-state index contributed by atoms with van der Waals surface area (Å²) in [5, 5.41) is 15.2. The van der Waals surface area contributed by atoms with Gasteiger partial charge in [0.25, 0.3) is 5.89 Å². The minimum Gasteiger partial charge on any atom is -0.332 e. The Kier molecular flexibility index (Phi) is 2.60. The van der Waals surface area contributed by atoms with Crippen LogP contribution in [-0.2, 0) is 6.42 Å². The van der Waals surface area contributed by atoms with Crippen LogP contribution in [-0.4, -0.2) is 38.2 Å². The lowest BCUT2D eigenvalue weighted by atomic mass is 10.2. The van der Waals surface area contributed by atoms with E-state index in [9.17, 15) is 0 Å². The van der Waals surface area contributed by atoms with Gasteiger partial charge in [-0.3, -0.25) is 0 Å². The second-order valence-corrected chi connectivity index (χ2v) is 4.16. The highest BCUT2D eigenvalue weighted by molar-refractivity contribution is 5.43. The number of rotatable bonds is 4. The van der Waals surface area contributed by atoms with E-state index in [-0.39, 0.29) is 0 Å². The van der Waals surface area contributed by atoms with Crippen LogP contribution < -0.4 is 5.32 Å². The van der Waals surface area contributed by atoms with Crippen LogP contribution in [0.3, 0.4) is 0 Å². The van der Waals surface area contributed by atoms with Crippen molar-refractivity contribution < 1.29 is 4.52 Å². The van der Waals surface area contributed by atoms with E-state index >= 15 is 0 Å². The van der Waals surface area contributed by atoms with Gasteiger partial charge in [-0.1, -0.05) is 17.3 Å². The molecular weight excluding hydrogens is 220 g/mol. The van der Waals surface area contributed by atoms with E-state index in [0.29, 0.717) is 17.6 Å². The third-order valence-electron chi connectivity index (χ3n) is 2.81. The molecule has 1 saturated heterocycles. The van der Waals surface area contributed by atoms with Crippen molar-refractivity contribution in [3.05, 3.63) is 12.0 Å². The molecule has 7 heteroatoms.